The van der Waals surface area contributed by atoms with Gasteiger partial charge in [-0.1, -0.05) is 36.6 Å². The van der Waals surface area contributed by atoms with E-state index in [9.17, 15) is 0 Å². The summed E-state index contributed by atoms with van der Waals surface area (Å²) in [6.45, 7) is 2.10. The van der Waals surface area contributed by atoms with Crippen LogP contribution in [0.25, 0.3) is 0 Å². The fraction of sp³-hybridized carbons (Fsp3) is 0.312. The van der Waals surface area contributed by atoms with E-state index in [2.05, 4.69) is 24.0 Å². The zero-order valence-electron chi connectivity index (χ0n) is 11.7. The van der Waals surface area contributed by atoms with E-state index in [4.69, 9.17) is 16.3 Å². The minimum atomic E-state index is 0.673. The number of rotatable bonds is 3. The molecular weight excluding hydrogens is 272 g/mol. The van der Waals surface area contributed by atoms with Crippen LogP contribution in [-0.4, -0.2) is 17.8 Å². The fourth-order valence-electron chi connectivity index (χ4n) is 1.80. The molecule has 1 aromatic rings. The van der Waals surface area contributed by atoms with Gasteiger partial charge in [-0.2, -0.15) is 10.1 Å². The summed E-state index contributed by atoms with van der Waals surface area (Å²) in [7, 11) is 1.63. The van der Waals surface area contributed by atoms with Crippen molar-refractivity contribution in [1.29, 1.82) is 0 Å². The topological polar surface area (TPSA) is 24.8 Å². The van der Waals surface area contributed by atoms with Crippen LogP contribution in [0.3, 0.4) is 0 Å². The number of hydrogen-bond donors (Lipinski definition) is 0. The molecule has 0 bridgehead atoms. The zero-order chi connectivity index (χ0) is 14.4. The normalized spacial score (nSPS) is 14.1. The Kier molecular flexibility index (Phi) is 5.09. The lowest BCUT2D eigenvalue weighted by molar-refractivity contribution is 0.195. The maximum absolute atomic E-state index is 5.90. The lowest BCUT2D eigenvalue weighted by atomic mass is 10.1. The summed E-state index contributed by atoms with van der Waals surface area (Å²) < 4.78 is 5.29. The Labute approximate surface area is 124 Å². The molecule has 0 fully saturated rings. The third kappa shape index (κ3) is 3.55. The number of ether oxygens (including phenoxy) is 1. The Hall–Kier alpha value is -1.92. The van der Waals surface area contributed by atoms with Crippen molar-refractivity contribution in [2.24, 2.45) is 5.10 Å². The van der Waals surface area contributed by atoms with Crippen molar-refractivity contribution >= 4 is 17.3 Å². The van der Waals surface area contributed by atoms with Gasteiger partial charge >= 0.3 is 0 Å². The van der Waals surface area contributed by atoms with Gasteiger partial charge in [0.2, 0.25) is 5.88 Å². The summed E-state index contributed by atoms with van der Waals surface area (Å²) in [5.74, 6) is 3.75. The van der Waals surface area contributed by atoms with Crippen molar-refractivity contribution in [2.45, 2.75) is 26.2 Å². The van der Waals surface area contributed by atoms with Crippen molar-refractivity contribution in [3.8, 4) is 12.0 Å². The number of benzene rings is 1. The molecule has 0 spiro atoms. The second kappa shape index (κ2) is 7.02. The molecule has 1 aromatic carbocycles. The van der Waals surface area contributed by atoms with Crippen molar-refractivity contribution in [1.82, 2.24) is 5.01 Å². The molecule has 4 heteroatoms. The molecular formula is C16H17ClN2O. The Balaban J connectivity index is 2.23. The van der Waals surface area contributed by atoms with Crippen LogP contribution in [-0.2, 0) is 4.74 Å². The van der Waals surface area contributed by atoms with Gasteiger partial charge in [0, 0.05) is 23.9 Å². The van der Waals surface area contributed by atoms with Crippen LogP contribution in [0.5, 0.6) is 0 Å². The van der Waals surface area contributed by atoms with E-state index in [1.54, 1.807) is 12.1 Å². The number of hydrogen-bond acceptors (Lipinski definition) is 3. The van der Waals surface area contributed by atoms with E-state index in [0.717, 1.165) is 35.6 Å². The average Bonchev–Trinajstić information content (AvgIpc) is 2.48. The molecule has 2 rings (SSSR count). The Bertz CT molecular complexity index is 579. The van der Waals surface area contributed by atoms with E-state index in [1.165, 1.54) is 0 Å². The van der Waals surface area contributed by atoms with Crippen LogP contribution >= 0.6 is 11.6 Å². The molecule has 3 nitrogen and oxygen atoms in total. The number of unbranched alkanes of at least 4 members (excludes halogenated alkanes) is 1. The molecule has 0 N–H and O–H groups in total. The Morgan fingerprint density at radius 2 is 2.10 bits per heavy atom. The van der Waals surface area contributed by atoms with Crippen LogP contribution < -0.4 is 0 Å². The van der Waals surface area contributed by atoms with Crippen molar-refractivity contribution < 1.29 is 4.74 Å². The number of nitrogens with zero attached hydrogens (tertiary/aromatic N) is 2. The van der Waals surface area contributed by atoms with Gasteiger partial charge in [-0.25, -0.2) is 0 Å². The van der Waals surface area contributed by atoms with Gasteiger partial charge in [-0.05, 0) is 30.2 Å². The van der Waals surface area contributed by atoms with Crippen molar-refractivity contribution in [3.63, 3.8) is 0 Å². The van der Waals surface area contributed by atoms with E-state index in [1.807, 2.05) is 30.3 Å². The van der Waals surface area contributed by atoms with Crippen molar-refractivity contribution in [3.05, 3.63) is 46.8 Å². The van der Waals surface area contributed by atoms with Crippen LogP contribution in [0.1, 0.15) is 31.7 Å². The predicted molar refractivity (Wildman–Crippen MR) is 82.2 cm³/mol. The molecule has 0 atom stereocenters. The zero-order valence-corrected chi connectivity index (χ0v) is 12.4. The Morgan fingerprint density at radius 3 is 2.75 bits per heavy atom. The maximum Gasteiger partial charge on any atom is 0.218 e. The smallest absolute Gasteiger partial charge is 0.218 e. The first kappa shape index (κ1) is 14.5. The summed E-state index contributed by atoms with van der Waals surface area (Å²) in [4.78, 5) is 0. The largest absolute Gasteiger partial charge is 0.481 e. The molecule has 20 heavy (non-hydrogen) atoms. The van der Waals surface area contributed by atoms with E-state index in [0.29, 0.717) is 5.88 Å². The summed E-state index contributed by atoms with van der Waals surface area (Å²) in [6, 6.07) is 10.7. The molecule has 1 aliphatic rings. The first-order valence-corrected chi connectivity index (χ1v) is 6.98. The number of methoxy groups -OCH3 is 1. The summed E-state index contributed by atoms with van der Waals surface area (Å²) in [5, 5.41) is 6.87. The highest BCUT2D eigenvalue weighted by molar-refractivity contribution is 6.30. The second-order valence-electron chi connectivity index (χ2n) is 4.35. The lowest BCUT2D eigenvalue weighted by Crippen LogP contribution is -2.20. The van der Waals surface area contributed by atoms with Gasteiger partial charge in [0.1, 0.15) is 0 Å². The molecule has 104 valence electrons. The Morgan fingerprint density at radius 1 is 1.35 bits per heavy atom. The van der Waals surface area contributed by atoms with Gasteiger partial charge in [-0.3, -0.25) is 0 Å². The first-order chi connectivity index (χ1) is 9.74. The highest BCUT2D eigenvalue weighted by atomic mass is 35.5. The van der Waals surface area contributed by atoms with E-state index >= 15 is 0 Å². The minimum absolute atomic E-state index is 0.673. The lowest BCUT2D eigenvalue weighted by Gasteiger charge is -2.20. The average molecular weight is 289 g/mol. The molecule has 0 aliphatic carbocycles. The highest BCUT2D eigenvalue weighted by Crippen LogP contribution is 2.18. The quantitative estimate of drug-likeness (QED) is 0.786. The third-order valence-electron chi connectivity index (χ3n) is 2.85. The molecule has 0 amide bonds. The number of halogens is 1. The SMILES string of the molecule is CCCC#CN1N=C(c2ccc(Cl)cc2)CC=C1OC. The molecule has 1 heterocycles. The first-order valence-electron chi connectivity index (χ1n) is 6.60. The number of allylic oxidation sites excluding steroid dienone is 1. The third-order valence-corrected chi connectivity index (χ3v) is 3.10. The van der Waals surface area contributed by atoms with Gasteiger partial charge in [-0.15, -0.1) is 0 Å². The molecule has 0 unspecified atom stereocenters. The standard InChI is InChI=1S/C16H17ClN2O/c1-3-4-5-12-19-16(20-2)11-10-15(18-19)13-6-8-14(17)9-7-13/h6-9,11H,3-4,10H2,1-2H3. The van der Waals surface area contributed by atoms with Crippen LogP contribution in [0.2, 0.25) is 5.02 Å². The van der Waals surface area contributed by atoms with Crippen molar-refractivity contribution in [2.75, 3.05) is 7.11 Å². The van der Waals surface area contributed by atoms with Gasteiger partial charge in [0.05, 0.1) is 12.8 Å². The molecule has 0 saturated carbocycles. The van der Waals surface area contributed by atoms with Crippen LogP contribution in [0.15, 0.2) is 41.3 Å². The summed E-state index contributed by atoms with van der Waals surface area (Å²) >= 11 is 5.90. The highest BCUT2D eigenvalue weighted by Gasteiger charge is 2.15. The predicted octanol–water partition coefficient (Wildman–Crippen LogP) is 4.00. The molecule has 0 aromatic heterocycles. The second-order valence-corrected chi connectivity index (χ2v) is 4.79. The van der Waals surface area contributed by atoms with E-state index in [-0.39, 0.29) is 0 Å². The van der Waals surface area contributed by atoms with Gasteiger partial charge in [0.25, 0.3) is 0 Å². The molecule has 1 aliphatic heterocycles. The van der Waals surface area contributed by atoms with Gasteiger partial charge in [0.15, 0.2) is 0 Å². The summed E-state index contributed by atoms with van der Waals surface area (Å²) in [5.41, 5.74) is 2.00. The van der Waals surface area contributed by atoms with Gasteiger partial charge < -0.3 is 4.74 Å². The minimum Gasteiger partial charge on any atom is -0.481 e. The molecule has 0 saturated heterocycles. The monoisotopic (exact) mass is 288 g/mol. The maximum atomic E-state index is 5.90. The van der Waals surface area contributed by atoms with E-state index < -0.39 is 0 Å². The molecule has 0 radical (unpaired) electrons. The van der Waals surface area contributed by atoms with Crippen LogP contribution in [0.4, 0.5) is 0 Å². The fourth-order valence-corrected chi connectivity index (χ4v) is 1.93. The summed E-state index contributed by atoms with van der Waals surface area (Å²) in [6.07, 6.45) is 4.58. The number of hydrazone groups is 1. The van der Waals surface area contributed by atoms with Crippen LogP contribution in [0, 0.1) is 12.0 Å².